The number of carbonyl (C=O) groups is 1. The number of nitrogens with one attached hydrogen (secondary N) is 1. The molecule has 1 aromatic rings. The Hall–Kier alpha value is -1.15. The van der Waals surface area contributed by atoms with Crippen LogP contribution in [0.2, 0.25) is 0 Å². The monoisotopic (exact) mass is 267 g/mol. The predicted octanol–water partition coefficient (Wildman–Crippen LogP) is -0.0289. The van der Waals surface area contributed by atoms with Crippen LogP contribution in [0.1, 0.15) is 11.9 Å². The van der Waals surface area contributed by atoms with Crippen molar-refractivity contribution in [3.8, 4) is 0 Å². The quantitative estimate of drug-likeness (QED) is 0.743. The van der Waals surface area contributed by atoms with E-state index in [2.05, 4.69) is 10.3 Å². The summed E-state index contributed by atoms with van der Waals surface area (Å²) in [6.07, 6.45) is 2.91. The average molecular weight is 267 g/mol. The molecule has 7 heteroatoms. The summed E-state index contributed by atoms with van der Waals surface area (Å²) in [5, 5.41) is 2.66. The summed E-state index contributed by atoms with van der Waals surface area (Å²) >= 11 is 1.35. The van der Waals surface area contributed by atoms with Gasteiger partial charge in [0.05, 0.1) is 13.2 Å². The second-order valence-electron chi connectivity index (χ2n) is 4.25. The Morgan fingerprint density at radius 3 is 2.83 bits per heavy atom. The topological polar surface area (TPSA) is 86.5 Å². The third kappa shape index (κ3) is 1.99. The first-order chi connectivity index (χ1) is 8.70. The molecule has 0 unspecified atom stereocenters. The number of nitrogens with zero attached hydrogens (tertiary/aromatic N) is 1. The van der Waals surface area contributed by atoms with E-state index in [4.69, 9.17) is 15.2 Å². The van der Waals surface area contributed by atoms with Crippen LogP contribution in [-0.4, -0.2) is 34.3 Å². The summed E-state index contributed by atoms with van der Waals surface area (Å²) in [5.41, 5.74) is 6.14. The van der Waals surface area contributed by atoms with Gasteiger partial charge in [0.1, 0.15) is 10.2 Å². The molecule has 18 heavy (non-hydrogen) atoms. The average Bonchev–Trinajstić information content (AvgIpc) is 2.66. The number of hydrogen-bond acceptors (Lipinski definition) is 6. The number of pyridine rings is 1. The lowest BCUT2D eigenvalue weighted by atomic mass is 10.1. The summed E-state index contributed by atoms with van der Waals surface area (Å²) in [6.45, 7) is 0.577. The van der Waals surface area contributed by atoms with Crippen LogP contribution in [0.3, 0.4) is 0 Å². The Morgan fingerprint density at radius 1 is 1.50 bits per heavy atom. The van der Waals surface area contributed by atoms with Crippen LogP contribution in [0, 0.1) is 0 Å². The highest BCUT2D eigenvalue weighted by atomic mass is 32.2. The van der Waals surface area contributed by atoms with Crippen LogP contribution in [0.25, 0.3) is 0 Å². The second kappa shape index (κ2) is 4.51. The van der Waals surface area contributed by atoms with Gasteiger partial charge in [-0.2, -0.15) is 0 Å². The van der Waals surface area contributed by atoms with E-state index in [1.807, 2.05) is 12.1 Å². The maximum absolute atomic E-state index is 11.8. The van der Waals surface area contributed by atoms with E-state index >= 15 is 0 Å². The maximum Gasteiger partial charge on any atom is 0.242 e. The van der Waals surface area contributed by atoms with Gasteiger partial charge in [0.25, 0.3) is 0 Å². The minimum atomic E-state index is -0.710. The first-order valence-electron chi connectivity index (χ1n) is 5.57. The van der Waals surface area contributed by atoms with Gasteiger partial charge in [-0.15, -0.1) is 0 Å². The lowest BCUT2D eigenvalue weighted by molar-refractivity contribution is -0.197. The van der Waals surface area contributed by atoms with Gasteiger partial charge in [-0.3, -0.25) is 9.78 Å². The van der Waals surface area contributed by atoms with Gasteiger partial charge in [0.15, 0.2) is 6.29 Å². The Labute approximate surface area is 108 Å². The van der Waals surface area contributed by atoms with Crippen molar-refractivity contribution in [1.82, 2.24) is 10.3 Å². The first-order valence-corrected chi connectivity index (χ1v) is 6.45. The molecule has 6 nitrogen and oxygen atoms in total. The standard InChI is InChI=1S/C11H13N3O3S/c12-10-14-9(15)11(18-10)5-16-8(17-6-11)7-2-1-3-13-4-7/h1-4,8,10H,5-6,12H2,(H,14,15)/t8?,10-,11?/m1/s1. The van der Waals surface area contributed by atoms with Crippen molar-refractivity contribution in [2.45, 2.75) is 16.5 Å². The molecular weight excluding hydrogens is 254 g/mol. The summed E-state index contributed by atoms with van der Waals surface area (Å²) < 4.78 is 10.5. The third-order valence-corrected chi connectivity index (χ3v) is 4.18. The molecular formula is C11H13N3O3S. The van der Waals surface area contributed by atoms with Crippen LogP contribution in [0.4, 0.5) is 0 Å². The fraction of sp³-hybridized carbons (Fsp3) is 0.455. The van der Waals surface area contributed by atoms with Crippen molar-refractivity contribution in [3.05, 3.63) is 30.1 Å². The van der Waals surface area contributed by atoms with E-state index in [1.54, 1.807) is 12.4 Å². The van der Waals surface area contributed by atoms with E-state index < -0.39 is 11.0 Å². The minimum absolute atomic E-state index is 0.121. The molecule has 96 valence electrons. The highest BCUT2D eigenvalue weighted by molar-refractivity contribution is 8.02. The molecule has 3 N–H and O–H groups in total. The zero-order valence-corrected chi connectivity index (χ0v) is 10.4. The van der Waals surface area contributed by atoms with Crippen LogP contribution in [-0.2, 0) is 14.3 Å². The molecule has 3 heterocycles. The molecule has 3 rings (SSSR count). The van der Waals surface area contributed by atoms with Crippen molar-refractivity contribution in [2.24, 2.45) is 5.73 Å². The molecule has 0 aliphatic carbocycles. The molecule has 0 aromatic carbocycles. The van der Waals surface area contributed by atoms with E-state index in [1.165, 1.54) is 11.8 Å². The van der Waals surface area contributed by atoms with Gasteiger partial charge >= 0.3 is 0 Å². The highest BCUT2D eigenvalue weighted by Gasteiger charge is 2.50. The Balaban J connectivity index is 1.70. The van der Waals surface area contributed by atoms with Crippen molar-refractivity contribution in [1.29, 1.82) is 0 Å². The van der Waals surface area contributed by atoms with Gasteiger partial charge in [0, 0.05) is 18.0 Å². The second-order valence-corrected chi connectivity index (χ2v) is 5.77. The summed E-state index contributed by atoms with van der Waals surface area (Å²) in [4.78, 5) is 15.8. The maximum atomic E-state index is 11.8. The minimum Gasteiger partial charge on any atom is -0.346 e. The molecule has 0 bridgehead atoms. The molecule has 1 atom stereocenters. The molecule has 0 radical (unpaired) electrons. The number of rotatable bonds is 1. The normalized spacial score (nSPS) is 35.7. The zero-order chi connectivity index (χ0) is 12.6. The molecule has 2 saturated heterocycles. The fourth-order valence-corrected chi connectivity index (χ4v) is 3.09. The van der Waals surface area contributed by atoms with Crippen LogP contribution in [0.5, 0.6) is 0 Å². The molecule has 2 aliphatic heterocycles. The number of carbonyl (C=O) groups excluding carboxylic acids is 1. The molecule has 2 aliphatic rings. The summed E-state index contributed by atoms with van der Waals surface area (Å²) in [7, 11) is 0. The van der Waals surface area contributed by atoms with Crippen molar-refractivity contribution in [2.75, 3.05) is 13.2 Å². The molecule has 1 aromatic heterocycles. The van der Waals surface area contributed by atoms with Gasteiger partial charge < -0.3 is 20.5 Å². The number of thioether (sulfide) groups is 1. The van der Waals surface area contributed by atoms with Crippen molar-refractivity contribution in [3.63, 3.8) is 0 Å². The zero-order valence-electron chi connectivity index (χ0n) is 9.54. The lowest BCUT2D eigenvalue weighted by Crippen LogP contribution is -2.48. The number of nitrogens with two attached hydrogens (primary N) is 1. The number of amides is 1. The predicted molar refractivity (Wildman–Crippen MR) is 65.3 cm³/mol. The van der Waals surface area contributed by atoms with E-state index in [0.717, 1.165) is 5.56 Å². The summed E-state index contributed by atoms with van der Waals surface area (Å²) in [6, 6.07) is 3.70. The molecule has 0 saturated carbocycles. The SMILES string of the molecule is N[C@@H]1NC(=O)C2(COC(c3cccnc3)OC2)S1. The van der Waals surface area contributed by atoms with Crippen LogP contribution >= 0.6 is 11.8 Å². The van der Waals surface area contributed by atoms with Gasteiger partial charge in [-0.25, -0.2) is 0 Å². The van der Waals surface area contributed by atoms with Crippen molar-refractivity contribution < 1.29 is 14.3 Å². The van der Waals surface area contributed by atoms with Gasteiger partial charge in [-0.05, 0) is 6.07 Å². The number of ether oxygens (including phenoxy) is 2. The van der Waals surface area contributed by atoms with Crippen molar-refractivity contribution >= 4 is 17.7 Å². The number of hydrogen-bond donors (Lipinski definition) is 2. The van der Waals surface area contributed by atoms with E-state index in [-0.39, 0.29) is 24.6 Å². The Morgan fingerprint density at radius 2 is 2.28 bits per heavy atom. The largest absolute Gasteiger partial charge is 0.346 e. The van der Waals surface area contributed by atoms with Crippen LogP contribution in [0.15, 0.2) is 24.5 Å². The van der Waals surface area contributed by atoms with Gasteiger partial charge in [-0.1, -0.05) is 17.8 Å². The summed E-state index contributed by atoms with van der Waals surface area (Å²) in [5.74, 6) is -0.121. The van der Waals surface area contributed by atoms with E-state index in [9.17, 15) is 4.79 Å². The highest BCUT2D eigenvalue weighted by Crippen LogP contribution is 2.39. The third-order valence-electron chi connectivity index (χ3n) is 2.93. The Kier molecular flexibility index (Phi) is 2.98. The van der Waals surface area contributed by atoms with Gasteiger partial charge in [0.2, 0.25) is 5.91 Å². The molecule has 2 fully saturated rings. The lowest BCUT2D eigenvalue weighted by Gasteiger charge is -2.34. The van der Waals surface area contributed by atoms with E-state index in [0.29, 0.717) is 0 Å². The molecule has 1 amide bonds. The first kappa shape index (κ1) is 11.9. The molecule has 1 spiro atoms. The number of aromatic nitrogens is 1. The Bertz CT molecular complexity index is 448. The smallest absolute Gasteiger partial charge is 0.242 e. The fourth-order valence-electron chi connectivity index (χ4n) is 2.00. The van der Waals surface area contributed by atoms with Crippen LogP contribution < -0.4 is 11.1 Å².